The highest BCUT2D eigenvalue weighted by atomic mass is 127. The molecule has 28 heavy (non-hydrogen) atoms. The monoisotopic (exact) mass is 492 g/mol. The second kappa shape index (κ2) is 8.65. The maximum absolute atomic E-state index is 10.7. The molecule has 0 saturated heterocycles. The summed E-state index contributed by atoms with van der Waals surface area (Å²) in [6.45, 7) is 0. The first-order chi connectivity index (χ1) is 13.4. The molecule has 0 bridgehead atoms. The van der Waals surface area contributed by atoms with E-state index in [1.54, 1.807) is 6.07 Å². The summed E-state index contributed by atoms with van der Waals surface area (Å²) in [5.41, 5.74) is 0.919. The third-order valence-electron chi connectivity index (χ3n) is 3.66. The summed E-state index contributed by atoms with van der Waals surface area (Å²) in [5, 5.41) is 21.5. The highest BCUT2D eigenvalue weighted by Gasteiger charge is 2.09. The molecule has 0 amide bonds. The van der Waals surface area contributed by atoms with E-state index in [0.29, 0.717) is 27.4 Å². The molecule has 0 fully saturated rings. The van der Waals surface area contributed by atoms with Crippen LogP contribution in [0.25, 0.3) is 0 Å². The van der Waals surface area contributed by atoms with Crippen LogP contribution in [0.4, 0.5) is 11.4 Å². The van der Waals surface area contributed by atoms with Crippen LogP contribution < -0.4 is 9.47 Å². The quantitative estimate of drug-likeness (QED) is 0.173. The molecule has 3 aromatic rings. The molecule has 0 aliphatic heterocycles. The molecule has 0 aromatic heterocycles. The van der Waals surface area contributed by atoms with Crippen molar-refractivity contribution >= 4 is 34.0 Å². The summed E-state index contributed by atoms with van der Waals surface area (Å²) < 4.78 is 12.3. The number of nitrogens with zero attached hydrogens (tertiary/aromatic N) is 2. The highest BCUT2D eigenvalue weighted by Crippen LogP contribution is 2.32. The molecule has 0 saturated carbocycles. The number of hydrogen-bond donors (Lipinski definition) is 0. The predicted octanol–water partition coefficient (Wildman–Crippen LogP) is 6.02. The normalized spacial score (nSPS) is 10.3. The van der Waals surface area contributed by atoms with Crippen LogP contribution in [0.2, 0.25) is 0 Å². The van der Waals surface area contributed by atoms with Gasteiger partial charge in [0, 0.05) is 34.8 Å². The van der Waals surface area contributed by atoms with E-state index in [1.807, 2.05) is 12.1 Å². The van der Waals surface area contributed by atoms with E-state index in [-0.39, 0.29) is 11.4 Å². The number of alkyl halides is 1. The fourth-order valence-corrected chi connectivity index (χ4v) is 2.81. The van der Waals surface area contributed by atoms with E-state index in [1.165, 1.54) is 48.5 Å². The lowest BCUT2D eigenvalue weighted by molar-refractivity contribution is -0.385. The Balaban J connectivity index is 1.81. The van der Waals surface area contributed by atoms with E-state index in [9.17, 15) is 20.2 Å². The molecule has 0 unspecified atom stereocenters. The van der Waals surface area contributed by atoms with Crippen molar-refractivity contribution in [1.29, 1.82) is 0 Å². The van der Waals surface area contributed by atoms with Gasteiger partial charge in [-0.15, -0.1) is 0 Å². The van der Waals surface area contributed by atoms with Gasteiger partial charge in [-0.3, -0.25) is 20.2 Å². The van der Waals surface area contributed by atoms with Gasteiger partial charge in [0.1, 0.15) is 23.0 Å². The van der Waals surface area contributed by atoms with Crippen LogP contribution in [0.5, 0.6) is 23.0 Å². The standard InChI is InChI=1S/C19H13IN2O6/c20-12-13-9-18(27-16-5-1-14(2-6-16)21(23)24)11-19(10-13)28-17-7-3-15(4-8-17)22(25)26/h1-11H,12H2. The molecule has 0 aliphatic rings. The number of ether oxygens (including phenoxy) is 2. The van der Waals surface area contributed by atoms with Crippen LogP contribution >= 0.6 is 22.6 Å². The highest BCUT2D eigenvalue weighted by molar-refractivity contribution is 14.1. The summed E-state index contributed by atoms with van der Waals surface area (Å²) >= 11 is 2.21. The largest absolute Gasteiger partial charge is 0.457 e. The van der Waals surface area contributed by atoms with Gasteiger partial charge in [-0.05, 0) is 42.0 Å². The zero-order valence-electron chi connectivity index (χ0n) is 14.3. The van der Waals surface area contributed by atoms with Crippen molar-refractivity contribution in [3.63, 3.8) is 0 Å². The van der Waals surface area contributed by atoms with Gasteiger partial charge in [0.25, 0.3) is 11.4 Å². The summed E-state index contributed by atoms with van der Waals surface area (Å²) in [7, 11) is 0. The fraction of sp³-hybridized carbons (Fsp3) is 0.0526. The van der Waals surface area contributed by atoms with Crippen LogP contribution in [0.3, 0.4) is 0 Å². The van der Waals surface area contributed by atoms with Gasteiger partial charge in [0.15, 0.2) is 0 Å². The van der Waals surface area contributed by atoms with E-state index >= 15 is 0 Å². The van der Waals surface area contributed by atoms with Gasteiger partial charge < -0.3 is 9.47 Å². The topological polar surface area (TPSA) is 105 Å². The Morgan fingerprint density at radius 1 is 0.679 bits per heavy atom. The number of non-ortho nitro benzene ring substituents is 2. The first-order valence-electron chi connectivity index (χ1n) is 7.99. The second-order valence-electron chi connectivity index (χ2n) is 5.65. The Hall–Kier alpha value is -3.21. The molecule has 0 heterocycles. The molecule has 8 nitrogen and oxygen atoms in total. The molecule has 142 valence electrons. The van der Waals surface area contributed by atoms with Crippen LogP contribution in [0, 0.1) is 20.2 Å². The number of hydrogen-bond acceptors (Lipinski definition) is 6. The Morgan fingerprint density at radius 3 is 1.39 bits per heavy atom. The molecule has 0 aliphatic carbocycles. The van der Waals surface area contributed by atoms with Crippen molar-refractivity contribution in [3.8, 4) is 23.0 Å². The van der Waals surface area contributed by atoms with Crippen LogP contribution in [0.15, 0.2) is 66.7 Å². The zero-order valence-corrected chi connectivity index (χ0v) is 16.4. The van der Waals surface area contributed by atoms with E-state index in [0.717, 1.165) is 5.56 Å². The molecule has 3 aromatic carbocycles. The number of halogens is 1. The van der Waals surface area contributed by atoms with E-state index < -0.39 is 9.85 Å². The maximum atomic E-state index is 10.7. The minimum absolute atomic E-state index is 0.0180. The third kappa shape index (κ3) is 4.94. The third-order valence-corrected chi connectivity index (χ3v) is 4.54. The smallest absolute Gasteiger partial charge is 0.269 e. The van der Waals surface area contributed by atoms with Gasteiger partial charge >= 0.3 is 0 Å². The van der Waals surface area contributed by atoms with Gasteiger partial charge in [-0.2, -0.15) is 0 Å². The summed E-state index contributed by atoms with van der Waals surface area (Å²) in [5.74, 6) is 1.94. The van der Waals surface area contributed by atoms with E-state index in [2.05, 4.69) is 22.6 Å². The van der Waals surface area contributed by atoms with Gasteiger partial charge in [0.05, 0.1) is 9.85 Å². The number of benzene rings is 3. The summed E-state index contributed by atoms with van der Waals surface area (Å²) in [6, 6.07) is 16.9. The Morgan fingerprint density at radius 2 is 1.07 bits per heavy atom. The first-order valence-corrected chi connectivity index (χ1v) is 9.52. The molecule has 0 N–H and O–H groups in total. The van der Waals surface area contributed by atoms with Crippen molar-refractivity contribution in [3.05, 3.63) is 92.5 Å². The molecule has 0 spiro atoms. The lowest BCUT2D eigenvalue weighted by Crippen LogP contribution is -1.92. The fourth-order valence-electron chi connectivity index (χ4n) is 2.37. The van der Waals surface area contributed by atoms with Gasteiger partial charge in [-0.25, -0.2) is 0 Å². The van der Waals surface area contributed by atoms with Crippen molar-refractivity contribution in [1.82, 2.24) is 0 Å². The summed E-state index contributed by atoms with van der Waals surface area (Å²) in [4.78, 5) is 20.5. The zero-order chi connectivity index (χ0) is 20.1. The lowest BCUT2D eigenvalue weighted by atomic mass is 10.2. The first kappa shape index (κ1) is 19.5. The van der Waals surface area contributed by atoms with Crippen LogP contribution in [-0.4, -0.2) is 9.85 Å². The minimum atomic E-state index is -0.476. The van der Waals surface area contributed by atoms with Crippen LogP contribution in [0.1, 0.15) is 5.56 Å². The number of nitro groups is 2. The predicted molar refractivity (Wildman–Crippen MR) is 111 cm³/mol. The van der Waals surface area contributed by atoms with Gasteiger partial charge in [-0.1, -0.05) is 22.6 Å². The summed E-state index contributed by atoms with van der Waals surface area (Å²) in [6.07, 6.45) is 0. The SMILES string of the molecule is O=[N+]([O-])c1ccc(Oc2cc(CI)cc(Oc3ccc([N+](=O)[O-])cc3)c2)cc1. The molecule has 0 atom stereocenters. The second-order valence-corrected chi connectivity index (χ2v) is 6.42. The minimum Gasteiger partial charge on any atom is -0.457 e. The van der Waals surface area contributed by atoms with Crippen LogP contribution in [-0.2, 0) is 4.43 Å². The Kier molecular flexibility index (Phi) is 6.04. The lowest BCUT2D eigenvalue weighted by Gasteiger charge is -2.11. The molecular weight excluding hydrogens is 479 g/mol. The number of rotatable bonds is 7. The molecular formula is C19H13IN2O6. The van der Waals surface area contributed by atoms with Crippen molar-refractivity contribution in [2.24, 2.45) is 0 Å². The van der Waals surface area contributed by atoms with Crippen molar-refractivity contribution < 1.29 is 19.3 Å². The van der Waals surface area contributed by atoms with E-state index in [4.69, 9.17) is 9.47 Å². The average Bonchev–Trinajstić information content (AvgIpc) is 2.68. The molecule has 9 heteroatoms. The Labute approximate surface area is 173 Å². The van der Waals surface area contributed by atoms with Gasteiger partial charge in [0.2, 0.25) is 0 Å². The molecule has 0 radical (unpaired) electrons. The Bertz CT molecular complexity index is 928. The number of nitro benzene ring substituents is 2. The molecule has 3 rings (SSSR count). The average molecular weight is 492 g/mol. The maximum Gasteiger partial charge on any atom is 0.269 e. The van der Waals surface area contributed by atoms with Crippen molar-refractivity contribution in [2.45, 2.75) is 4.43 Å². The van der Waals surface area contributed by atoms with Crippen molar-refractivity contribution in [2.75, 3.05) is 0 Å².